The largest absolute Gasteiger partial charge is 0.494 e. The molecule has 0 aliphatic rings. The maximum absolute atomic E-state index is 15.0. The molecule has 3 aromatic heterocycles. The number of benzene rings is 2. The molecule has 5 rings (SSSR count). The van der Waals surface area contributed by atoms with E-state index in [-0.39, 0.29) is 60.8 Å². The van der Waals surface area contributed by atoms with Gasteiger partial charge in [-0.15, -0.1) is 0 Å². The lowest BCUT2D eigenvalue weighted by Gasteiger charge is -2.14. The van der Waals surface area contributed by atoms with E-state index in [0.29, 0.717) is 27.8 Å². The number of rotatable bonds is 12. The van der Waals surface area contributed by atoms with Crippen molar-refractivity contribution in [2.24, 2.45) is 0 Å². The van der Waals surface area contributed by atoms with Crippen LogP contribution in [0.5, 0.6) is 5.75 Å². The molecular weight excluding hydrogens is 611 g/mol. The van der Waals surface area contributed by atoms with Crippen molar-refractivity contribution in [3.8, 4) is 17.3 Å². The van der Waals surface area contributed by atoms with Crippen molar-refractivity contribution in [3.05, 3.63) is 83.7 Å². The predicted molar refractivity (Wildman–Crippen MR) is 162 cm³/mol. The van der Waals surface area contributed by atoms with E-state index >= 15 is 0 Å². The van der Waals surface area contributed by atoms with Crippen LogP contribution in [0.15, 0.2) is 60.9 Å². The molecule has 2 aromatic carbocycles. The number of hydrogen-bond donors (Lipinski definition) is 3. The van der Waals surface area contributed by atoms with Crippen molar-refractivity contribution < 1.29 is 31.5 Å². The number of hydrogen-bond acceptors (Lipinski definition) is 8. The number of pyridine rings is 1. The summed E-state index contributed by atoms with van der Waals surface area (Å²) >= 11 is 0. The fourth-order valence-corrected chi connectivity index (χ4v) is 4.70. The summed E-state index contributed by atoms with van der Waals surface area (Å²) < 4.78 is 74.7. The zero-order valence-corrected chi connectivity index (χ0v) is 24.8. The van der Waals surface area contributed by atoms with Crippen LogP contribution in [-0.2, 0) is 17.8 Å². The van der Waals surface area contributed by atoms with Gasteiger partial charge in [0.05, 0.1) is 25.2 Å². The number of halogens is 5. The first-order chi connectivity index (χ1) is 22.0. The molecule has 0 saturated heterocycles. The maximum Gasteiger partial charge on any atom is 0.401 e. The standard InChI is InChI=1S/C31H29F5N8O2/c1-3-46-21-13-24(32)23(25(33)14-21)16-44-26-7-5-4-6-22(26)28(43-44)30-39-15-19(8-10-37-17-31(34,35)36)29(42-30)41-20-9-11-38-27(12-20)40-18(2)45/h4-7,9,11-15,37H,3,8,10,16-17H2,1-2H3,(H2,38,39,40,41,42,45). The summed E-state index contributed by atoms with van der Waals surface area (Å²) in [6.45, 7) is 1.90. The number of nitrogens with zero attached hydrogens (tertiary/aromatic N) is 5. The van der Waals surface area contributed by atoms with Crippen LogP contribution in [0.2, 0.25) is 0 Å². The molecule has 0 spiro atoms. The molecule has 1 amide bonds. The van der Waals surface area contributed by atoms with E-state index in [4.69, 9.17) is 4.74 Å². The first-order valence-electron chi connectivity index (χ1n) is 14.2. The monoisotopic (exact) mass is 640 g/mol. The lowest BCUT2D eigenvalue weighted by Crippen LogP contribution is -2.30. The van der Waals surface area contributed by atoms with Crippen LogP contribution < -0.4 is 20.7 Å². The second-order valence-electron chi connectivity index (χ2n) is 10.2. The second kappa shape index (κ2) is 13.9. The Kier molecular flexibility index (Phi) is 9.70. The summed E-state index contributed by atoms with van der Waals surface area (Å²) in [6.07, 6.45) is -1.27. The highest BCUT2D eigenvalue weighted by molar-refractivity contribution is 5.92. The quantitative estimate of drug-likeness (QED) is 0.112. The fourth-order valence-electron chi connectivity index (χ4n) is 4.70. The van der Waals surface area contributed by atoms with Crippen LogP contribution in [0.3, 0.4) is 0 Å². The van der Waals surface area contributed by atoms with Crippen LogP contribution in [0, 0.1) is 11.6 Å². The topological polar surface area (TPSA) is 119 Å². The van der Waals surface area contributed by atoms with E-state index in [1.165, 1.54) is 24.0 Å². The molecule has 0 aliphatic carbocycles. The molecule has 15 heteroatoms. The zero-order valence-electron chi connectivity index (χ0n) is 24.8. The van der Waals surface area contributed by atoms with Crippen LogP contribution in [0.1, 0.15) is 25.0 Å². The van der Waals surface area contributed by atoms with Crippen molar-refractivity contribution in [2.75, 3.05) is 30.3 Å². The fraction of sp³-hybridized carbons (Fsp3) is 0.258. The number of anilines is 3. The van der Waals surface area contributed by atoms with E-state index in [1.54, 1.807) is 43.3 Å². The highest BCUT2D eigenvalue weighted by atomic mass is 19.4. The Morgan fingerprint density at radius 1 is 1.04 bits per heavy atom. The second-order valence-corrected chi connectivity index (χ2v) is 10.2. The summed E-state index contributed by atoms with van der Waals surface area (Å²) in [4.78, 5) is 24.8. The number of nitrogens with one attached hydrogen (secondary N) is 3. The van der Waals surface area contributed by atoms with Crippen molar-refractivity contribution in [2.45, 2.75) is 33.0 Å². The summed E-state index contributed by atoms with van der Waals surface area (Å²) in [5, 5.41) is 13.3. The molecule has 46 heavy (non-hydrogen) atoms. The lowest BCUT2D eigenvalue weighted by atomic mass is 10.1. The number of aromatic nitrogens is 5. The van der Waals surface area contributed by atoms with Gasteiger partial charge in [-0.05, 0) is 32.0 Å². The predicted octanol–water partition coefficient (Wildman–Crippen LogP) is 6.01. The van der Waals surface area contributed by atoms with Gasteiger partial charge in [0.15, 0.2) is 5.82 Å². The Hall–Kier alpha value is -5.18. The van der Waals surface area contributed by atoms with Gasteiger partial charge in [0.2, 0.25) is 5.91 Å². The van der Waals surface area contributed by atoms with Gasteiger partial charge in [-0.25, -0.2) is 23.7 Å². The molecule has 240 valence electrons. The van der Waals surface area contributed by atoms with Gasteiger partial charge in [-0.1, -0.05) is 18.2 Å². The number of ether oxygens (including phenoxy) is 1. The molecule has 0 atom stereocenters. The van der Waals surface area contributed by atoms with E-state index < -0.39 is 24.4 Å². The number of fused-ring (bicyclic) bond motifs is 1. The third kappa shape index (κ3) is 7.90. The zero-order chi connectivity index (χ0) is 32.8. The molecule has 10 nitrogen and oxygen atoms in total. The van der Waals surface area contributed by atoms with Gasteiger partial charge in [0.1, 0.15) is 34.7 Å². The molecular formula is C31H29F5N8O2. The van der Waals surface area contributed by atoms with E-state index in [1.807, 2.05) is 0 Å². The highest BCUT2D eigenvalue weighted by Gasteiger charge is 2.26. The minimum atomic E-state index is -4.37. The Balaban J connectivity index is 1.51. The Bertz CT molecular complexity index is 1840. The summed E-state index contributed by atoms with van der Waals surface area (Å²) in [6, 6.07) is 12.5. The summed E-state index contributed by atoms with van der Waals surface area (Å²) in [7, 11) is 0. The Morgan fingerprint density at radius 3 is 2.52 bits per heavy atom. The lowest BCUT2D eigenvalue weighted by molar-refractivity contribution is -0.124. The first-order valence-corrected chi connectivity index (χ1v) is 14.2. The number of alkyl halides is 3. The van der Waals surface area contributed by atoms with Crippen LogP contribution in [-0.4, -0.2) is 56.5 Å². The van der Waals surface area contributed by atoms with Crippen molar-refractivity contribution in [3.63, 3.8) is 0 Å². The smallest absolute Gasteiger partial charge is 0.401 e. The van der Waals surface area contributed by atoms with Gasteiger partial charge >= 0.3 is 6.18 Å². The maximum atomic E-state index is 15.0. The van der Waals surface area contributed by atoms with Crippen molar-refractivity contribution in [1.82, 2.24) is 30.0 Å². The molecule has 0 aliphatic heterocycles. The molecule has 0 radical (unpaired) electrons. The Labute approximate surface area is 260 Å². The molecule has 0 saturated carbocycles. The summed E-state index contributed by atoms with van der Waals surface area (Å²) in [5.74, 6) is -1.10. The van der Waals surface area contributed by atoms with Crippen molar-refractivity contribution in [1.29, 1.82) is 0 Å². The minimum absolute atomic E-state index is 0.0127. The van der Waals surface area contributed by atoms with Gasteiger partial charge in [-0.3, -0.25) is 9.48 Å². The molecule has 0 fully saturated rings. The average Bonchev–Trinajstić information content (AvgIpc) is 3.36. The number of para-hydroxylation sites is 1. The van der Waals surface area contributed by atoms with Crippen molar-refractivity contribution >= 4 is 34.1 Å². The van der Waals surface area contributed by atoms with Crippen LogP contribution in [0.4, 0.5) is 39.3 Å². The minimum Gasteiger partial charge on any atom is -0.494 e. The van der Waals surface area contributed by atoms with Crippen LogP contribution >= 0.6 is 0 Å². The number of carbonyl (C=O) groups is 1. The highest BCUT2D eigenvalue weighted by Crippen LogP contribution is 2.30. The Morgan fingerprint density at radius 2 is 1.80 bits per heavy atom. The van der Waals surface area contributed by atoms with Gasteiger partial charge < -0.3 is 20.7 Å². The molecule has 0 unspecified atom stereocenters. The van der Waals surface area contributed by atoms with Gasteiger partial charge in [0.25, 0.3) is 0 Å². The SMILES string of the molecule is CCOc1cc(F)c(Cn2nc(-c3ncc(CCNCC(F)(F)F)c(Nc4ccnc(NC(C)=O)c4)n3)c3ccccc32)c(F)c1. The molecule has 5 aromatic rings. The molecule has 3 N–H and O–H groups in total. The molecule has 3 heterocycles. The van der Waals surface area contributed by atoms with E-state index in [2.05, 4.69) is 36.0 Å². The normalized spacial score (nSPS) is 11.5. The average molecular weight is 641 g/mol. The number of carbonyl (C=O) groups excluding carboxylic acids is 1. The van der Waals surface area contributed by atoms with Gasteiger partial charge in [0, 0.05) is 59.7 Å². The van der Waals surface area contributed by atoms with E-state index in [0.717, 1.165) is 12.1 Å². The number of amides is 1. The molecule has 0 bridgehead atoms. The van der Waals surface area contributed by atoms with E-state index in [9.17, 15) is 26.7 Å². The third-order valence-electron chi connectivity index (χ3n) is 6.69. The summed E-state index contributed by atoms with van der Waals surface area (Å²) in [5.41, 5.74) is 1.67. The third-order valence-corrected chi connectivity index (χ3v) is 6.69. The van der Waals surface area contributed by atoms with Gasteiger partial charge in [-0.2, -0.15) is 18.3 Å². The van der Waals surface area contributed by atoms with Crippen LogP contribution in [0.25, 0.3) is 22.4 Å². The first kappa shape index (κ1) is 32.2.